The fourth-order valence-electron chi connectivity index (χ4n) is 4.00. The van der Waals surface area contributed by atoms with E-state index in [0.717, 1.165) is 31.0 Å². The highest BCUT2D eigenvalue weighted by molar-refractivity contribution is 5.91. The molecule has 2 amide bonds. The van der Waals surface area contributed by atoms with Gasteiger partial charge in [0, 0.05) is 36.8 Å². The summed E-state index contributed by atoms with van der Waals surface area (Å²) in [4.78, 5) is 26.4. The van der Waals surface area contributed by atoms with E-state index in [9.17, 15) is 18.4 Å². The number of halogens is 2. The van der Waals surface area contributed by atoms with Gasteiger partial charge in [-0.1, -0.05) is 0 Å². The topological polar surface area (TPSA) is 76.5 Å². The summed E-state index contributed by atoms with van der Waals surface area (Å²) < 4.78 is 33.2. The Morgan fingerprint density at radius 3 is 2.55 bits per heavy atom. The first kappa shape index (κ1) is 19.5. The lowest BCUT2D eigenvalue weighted by molar-refractivity contribution is -0.146. The molecule has 1 aliphatic carbocycles. The standard InChI is InChI=1S/C20H22F2N4O3/c21-14-9-15(22)11-17(10-14)26-6-5-18(24-26)23-20(28)13-1-3-16(4-2-13)25-7-8-29-12-19(25)27/h5-6,9-11,13,16H,1-4,7-8,12H2,(H,23,24,28). The molecule has 0 spiro atoms. The van der Waals surface area contributed by atoms with E-state index in [2.05, 4.69) is 10.4 Å². The van der Waals surface area contributed by atoms with Crippen molar-refractivity contribution in [3.8, 4) is 5.69 Å². The summed E-state index contributed by atoms with van der Waals surface area (Å²) in [6, 6.07) is 4.86. The van der Waals surface area contributed by atoms with E-state index >= 15 is 0 Å². The van der Waals surface area contributed by atoms with Gasteiger partial charge in [-0.3, -0.25) is 9.59 Å². The van der Waals surface area contributed by atoms with E-state index in [1.54, 1.807) is 6.07 Å². The molecule has 2 heterocycles. The highest BCUT2D eigenvalue weighted by atomic mass is 19.1. The van der Waals surface area contributed by atoms with Gasteiger partial charge < -0.3 is 15.0 Å². The second-order valence-corrected chi connectivity index (χ2v) is 7.41. The van der Waals surface area contributed by atoms with Crippen molar-refractivity contribution < 1.29 is 23.1 Å². The predicted molar refractivity (Wildman–Crippen MR) is 100 cm³/mol. The highest BCUT2D eigenvalue weighted by Crippen LogP contribution is 2.29. The van der Waals surface area contributed by atoms with Crippen LogP contribution in [0.25, 0.3) is 5.69 Å². The molecule has 154 valence electrons. The number of amides is 2. The van der Waals surface area contributed by atoms with Gasteiger partial charge in [0.15, 0.2) is 5.82 Å². The number of rotatable bonds is 4. The summed E-state index contributed by atoms with van der Waals surface area (Å²) in [5.74, 6) is -1.34. The van der Waals surface area contributed by atoms with E-state index < -0.39 is 11.6 Å². The van der Waals surface area contributed by atoms with Gasteiger partial charge >= 0.3 is 0 Å². The third-order valence-electron chi connectivity index (χ3n) is 5.48. The zero-order chi connectivity index (χ0) is 20.4. The van der Waals surface area contributed by atoms with E-state index in [0.29, 0.717) is 31.8 Å². The highest BCUT2D eigenvalue weighted by Gasteiger charge is 2.32. The molecule has 1 aromatic heterocycles. The molecule has 0 unspecified atom stereocenters. The van der Waals surface area contributed by atoms with E-state index in [1.165, 1.54) is 10.9 Å². The summed E-state index contributed by atoms with van der Waals surface area (Å²) >= 11 is 0. The lowest BCUT2D eigenvalue weighted by Crippen LogP contribution is -2.49. The van der Waals surface area contributed by atoms with Gasteiger partial charge in [-0.05, 0) is 37.8 Å². The summed E-state index contributed by atoms with van der Waals surface area (Å²) in [7, 11) is 0. The molecule has 0 bridgehead atoms. The van der Waals surface area contributed by atoms with Gasteiger partial charge in [0.1, 0.15) is 18.2 Å². The van der Waals surface area contributed by atoms with Gasteiger partial charge in [-0.15, -0.1) is 0 Å². The molecule has 1 aliphatic heterocycles. The maximum absolute atomic E-state index is 13.4. The van der Waals surface area contributed by atoms with Gasteiger partial charge in [0.05, 0.1) is 12.3 Å². The molecule has 1 aromatic carbocycles. The third-order valence-corrected chi connectivity index (χ3v) is 5.48. The molecule has 0 atom stereocenters. The normalized spacial score (nSPS) is 22.6. The first-order valence-corrected chi connectivity index (χ1v) is 9.70. The van der Waals surface area contributed by atoms with E-state index in [1.807, 2.05) is 4.90 Å². The molecule has 7 nitrogen and oxygen atoms in total. The number of hydrogen-bond acceptors (Lipinski definition) is 4. The number of carbonyl (C=O) groups is 2. The zero-order valence-corrected chi connectivity index (χ0v) is 15.8. The number of carbonyl (C=O) groups excluding carboxylic acids is 2. The Hall–Kier alpha value is -2.81. The number of aromatic nitrogens is 2. The molecule has 4 rings (SSSR count). The third kappa shape index (κ3) is 4.45. The molecule has 2 aliphatic rings. The molecule has 1 saturated heterocycles. The maximum atomic E-state index is 13.4. The fraction of sp³-hybridized carbons (Fsp3) is 0.450. The Morgan fingerprint density at radius 1 is 1.14 bits per heavy atom. The second-order valence-electron chi connectivity index (χ2n) is 7.41. The van der Waals surface area contributed by atoms with Crippen LogP contribution in [0.1, 0.15) is 25.7 Å². The van der Waals surface area contributed by atoms with Crippen molar-refractivity contribution in [3.05, 3.63) is 42.1 Å². The van der Waals surface area contributed by atoms with E-state index in [4.69, 9.17) is 4.74 Å². The Morgan fingerprint density at radius 2 is 1.86 bits per heavy atom. The van der Waals surface area contributed by atoms with Crippen LogP contribution in [-0.2, 0) is 14.3 Å². The molecular weight excluding hydrogens is 382 g/mol. The lowest BCUT2D eigenvalue weighted by atomic mass is 9.84. The van der Waals surface area contributed by atoms with Crippen LogP contribution in [0.5, 0.6) is 0 Å². The van der Waals surface area contributed by atoms with Crippen LogP contribution < -0.4 is 5.32 Å². The monoisotopic (exact) mass is 404 g/mol. The van der Waals surface area contributed by atoms with Crippen molar-refractivity contribution in [2.75, 3.05) is 25.1 Å². The smallest absolute Gasteiger partial charge is 0.248 e. The first-order valence-electron chi connectivity index (χ1n) is 9.70. The quantitative estimate of drug-likeness (QED) is 0.850. The minimum atomic E-state index is -0.698. The van der Waals surface area contributed by atoms with Crippen LogP contribution in [0.3, 0.4) is 0 Å². The SMILES string of the molecule is O=C(Nc1ccn(-c2cc(F)cc(F)c2)n1)C1CCC(N2CCOCC2=O)CC1. The van der Waals surface area contributed by atoms with Crippen LogP contribution in [0.2, 0.25) is 0 Å². The van der Waals surface area contributed by atoms with Gasteiger partial charge in [-0.25, -0.2) is 13.5 Å². The van der Waals surface area contributed by atoms with Crippen molar-refractivity contribution in [2.24, 2.45) is 5.92 Å². The summed E-state index contributed by atoms with van der Waals surface area (Å²) in [6.45, 7) is 1.31. The average molecular weight is 404 g/mol. The van der Waals surface area contributed by atoms with Crippen LogP contribution >= 0.6 is 0 Å². The van der Waals surface area contributed by atoms with Crippen molar-refractivity contribution in [1.29, 1.82) is 0 Å². The zero-order valence-electron chi connectivity index (χ0n) is 15.8. The average Bonchev–Trinajstić information content (AvgIpc) is 3.16. The number of hydrogen-bond donors (Lipinski definition) is 1. The van der Waals surface area contributed by atoms with Crippen LogP contribution in [0.15, 0.2) is 30.5 Å². The van der Waals surface area contributed by atoms with Gasteiger partial charge in [0.2, 0.25) is 11.8 Å². The van der Waals surface area contributed by atoms with Crippen molar-refractivity contribution in [2.45, 2.75) is 31.7 Å². The number of benzene rings is 1. The molecule has 1 saturated carbocycles. The van der Waals surface area contributed by atoms with Crippen molar-refractivity contribution >= 4 is 17.6 Å². The van der Waals surface area contributed by atoms with Gasteiger partial charge in [0.25, 0.3) is 0 Å². The number of ether oxygens (including phenoxy) is 1. The molecule has 1 N–H and O–H groups in total. The second kappa shape index (κ2) is 8.28. The Bertz CT molecular complexity index is 889. The molecule has 0 radical (unpaired) electrons. The Labute approximate surface area is 166 Å². The predicted octanol–water partition coefficient (Wildman–Crippen LogP) is 2.51. The number of morpholine rings is 1. The number of anilines is 1. The fourth-order valence-corrected chi connectivity index (χ4v) is 4.00. The number of nitrogens with zero attached hydrogens (tertiary/aromatic N) is 3. The minimum absolute atomic E-state index is 0.0171. The van der Waals surface area contributed by atoms with Crippen LogP contribution in [-0.4, -0.2) is 52.3 Å². The van der Waals surface area contributed by atoms with Crippen LogP contribution in [0.4, 0.5) is 14.6 Å². The van der Waals surface area contributed by atoms with Crippen LogP contribution in [0, 0.1) is 17.6 Å². The van der Waals surface area contributed by atoms with E-state index in [-0.39, 0.29) is 36.1 Å². The molecule has 2 aromatic rings. The van der Waals surface area contributed by atoms with Crippen molar-refractivity contribution in [1.82, 2.24) is 14.7 Å². The maximum Gasteiger partial charge on any atom is 0.248 e. The minimum Gasteiger partial charge on any atom is -0.370 e. The molecular formula is C20H22F2N4O3. The Balaban J connectivity index is 1.33. The molecule has 9 heteroatoms. The van der Waals surface area contributed by atoms with Gasteiger partial charge in [-0.2, -0.15) is 5.10 Å². The summed E-state index contributed by atoms with van der Waals surface area (Å²) in [5, 5.41) is 6.96. The Kier molecular flexibility index (Phi) is 5.57. The summed E-state index contributed by atoms with van der Waals surface area (Å²) in [6.07, 6.45) is 4.47. The lowest BCUT2D eigenvalue weighted by Gasteiger charge is -2.38. The first-order chi connectivity index (χ1) is 14.0. The summed E-state index contributed by atoms with van der Waals surface area (Å²) in [5.41, 5.74) is 0.235. The number of nitrogens with one attached hydrogen (secondary N) is 1. The van der Waals surface area contributed by atoms with Crippen molar-refractivity contribution in [3.63, 3.8) is 0 Å². The molecule has 2 fully saturated rings. The molecule has 29 heavy (non-hydrogen) atoms. The largest absolute Gasteiger partial charge is 0.370 e.